The van der Waals surface area contributed by atoms with Crippen LogP contribution in [0.4, 0.5) is 8.78 Å². The molecular formula is C22H14F2O4. The molecule has 0 radical (unpaired) electrons. The van der Waals surface area contributed by atoms with Crippen LogP contribution in [0.5, 0.6) is 17.2 Å². The van der Waals surface area contributed by atoms with Gasteiger partial charge in [0.05, 0.1) is 16.7 Å². The van der Waals surface area contributed by atoms with Crippen molar-refractivity contribution in [1.29, 1.82) is 0 Å². The summed E-state index contributed by atoms with van der Waals surface area (Å²) in [5.41, 5.74) is 0.129. The highest BCUT2D eigenvalue weighted by atomic mass is 19.1. The lowest BCUT2D eigenvalue weighted by atomic mass is 9.77. The van der Waals surface area contributed by atoms with Crippen molar-refractivity contribution >= 4 is 5.97 Å². The number of hydrogen-bond donors (Lipinski definition) is 1. The first-order chi connectivity index (χ1) is 13.5. The molecule has 2 aliphatic rings. The lowest BCUT2D eigenvalue weighted by Crippen LogP contribution is -2.33. The van der Waals surface area contributed by atoms with Crippen LogP contribution in [-0.4, -0.2) is 11.1 Å². The number of rotatable bonds is 1. The van der Waals surface area contributed by atoms with Crippen molar-refractivity contribution in [3.8, 4) is 17.2 Å². The molecule has 28 heavy (non-hydrogen) atoms. The van der Waals surface area contributed by atoms with Gasteiger partial charge in [0.2, 0.25) is 0 Å². The summed E-state index contributed by atoms with van der Waals surface area (Å²) in [6, 6.07) is 11.7. The van der Waals surface area contributed by atoms with Crippen molar-refractivity contribution in [3.63, 3.8) is 0 Å². The number of esters is 1. The minimum absolute atomic E-state index is 0.143. The minimum Gasteiger partial charge on any atom is -0.505 e. The summed E-state index contributed by atoms with van der Waals surface area (Å²) < 4.78 is 40.6. The molecule has 0 aliphatic carbocycles. The van der Waals surface area contributed by atoms with Gasteiger partial charge >= 0.3 is 5.97 Å². The zero-order valence-corrected chi connectivity index (χ0v) is 14.8. The molecule has 6 heteroatoms. The van der Waals surface area contributed by atoms with E-state index in [0.29, 0.717) is 28.9 Å². The molecule has 1 atom stereocenters. The van der Waals surface area contributed by atoms with Crippen LogP contribution in [0.1, 0.15) is 39.5 Å². The molecule has 0 bridgehead atoms. The molecule has 2 aliphatic heterocycles. The van der Waals surface area contributed by atoms with Gasteiger partial charge in [0.25, 0.3) is 0 Å². The molecule has 4 nitrogen and oxygen atoms in total. The van der Waals surface area contributed by atoms with Crippen LogP contribution < -0.4 is 4.74 Å². The van der Waals surface area contributed by atoms with Crippen LogP contribution in [0.3, 0.4) is 0 Å². The third-order valence-electron chi connectivity index (χ3n) is 5.33. The van der Waals surface area contributed by atoms with Crippen molar-refractivity contribution in [2.75, 3.05) is 0 Å². The van der Waals surface area contributed by atoms with Gasteiger partial charge in [-0.05, 0) is 36.2 Å². The molecule has 0 amide bonds. The first-order valence-electron chi connectivity index (χ1n) is 8.82. The predicted molar refractivity (Wildman–Crippen MR) is 95.7 cm³/mol. The molecular weight excluding hydrogens is 366 g/mol. The molecule has 2 heterocycles. The van der Waals surface area contributed by atoms with Crippen molar-refractivity contribution in [2.24, 2.45) is 0 Å². The van der Waals surface area contributed by atoms with Gasteiger partial charge in [0, 0.05) is 11.6 Å². The smallest absolute Gasteiger partial charge is 0.340 e. The van der Waals surface area contributed by atoms with Crippen LogP contribution in [0.2, 0.25) is 0 Å². The highest BCUT2D eigenvalue weighted by molar-refractivity contribution is 5.97. The largest absolute Gasteiger partial charge is 0.505 e. The van der Waals surface area contributed by atoms with E-state index >= 15 is 0 Å². The second-order valence-corrected chi connectivity index (χ2v) is 6.81. The molecule has 3 aromatic carbocycles. The van der Waals surface area contributed by atoms with Gasteiger partial charge in [-0.2, -0.15) is 0 Å². The monoisotopic (exact) mass is 380 g/mol. The maximum Gasteiger partial charge on any atom is 0.340 e. The topological polar surface area (TPSA) is 55.8 Å². The number of phenolic OH excluding ortho intramolecular Hbond substituents is 1. The average Bonchev–Trinajstić information content (AvgIpc) is 2.98. The second-order valence-electron chi connectivity index (χ2n) is 6.81. The molecule has 0 aromatic heterocycles. The Hall–Kier alpha value is -3.41. The van der Waals surface area contributed by atoms with Crippen LogP contribution in [-0.2, 0) is 16.8 Å². The first kappa shape index (κ1) is 16.7. The SMILES string of the molecule is CCc1cc2c(cc1F)C1(OC(=O)c3ccccc31)c1cc(F)c(O)cc1O2. The summed E-state index contributed by atoms with van der Waals surface area (Å²) in [5.74, 6) is -2.11. The predicted octanol–water partition coefficient (Wildman–Crippen LogP) is 4.80. The number of carbonyl (C=O) groups excluding carboxylic acids is 1. The fourth-order valence-electron chi connectivity index (χ4n) is 4.01. The van der Waals surface area contributed by atoms with Gasteiger partial charge in [-0.15, -0.1) is 0 Å². The summed E-state index contributed by atoms with van der Waals surface area (Å²) in [7, 11) is 0. The minimum atomic E-state index is -1.56. The number of carbonyl (C=O) groups is 1. The number of fused-ring (bicyclic) bond motifs is 6. The third kappa shape index (κ3) is 2.00. The van der Waals surface area contributed by atoms with Gasteiger partial charge < -0.3 is 14.6 Å². The van der Waals surface area contributed by atoms with Gasteiger partial charge in [-0.25, -0.2) is 13.6 Å². The Balaban J connectivity index is 1.91. The summed E-state index contributed by atoms with van der Waals surface area (Å²) >= 11 is 0. The Morgan fingerprint density at radius 3 is 2.39 bits per heavy atom. The van der Waals surface area contributed by atoms with Crippen molar-refractivity contribution in [3.05, 3.63) is 88.0 Å². The van der Waals surface area contributed by atoms with E-state index in [2.05, 4.69) is 0 Å². The fourth-order valence-corrected chi connectivity index (χ4v) is 4.01. The van der Waals surface area contributed by atoms with Gasteiger partial charge in [-0.1, -0.05) is 25.1 Å². The summed E-state index contributed by atoms with van der Waals surface area (Å²) in [6.45, 7) is 1.81. The zero-order valence-electron chi connectivity index (χ0n) is 14.8. The molecule has 0 saturated heterocycles. The van der Waals surface area contributed by atoms with Crippen LogP contribution in [0.25, 0.3) is 0 Å². The van der Waals surface area contributed by atoms with E-state index in [1.54, 1.807) is 30.3 Å². The van der Waals surface area contributed by atoms with Crippen LogP contribution >= 0.6 is 0 Å². The molecule has 140 valence electrons. The number of phenols is 1. The normalized spacial score (nSPS) is 18.9. The second kappa shape index (κ2) is 5.55. The highest BCUT2D eigenvalue weighted by Crippen LogP contribution is 2.57. The van der Waals surface area contributed by atoms with E-state index in [9.17, 15) is 18.7 Å². The average molecular weight is 380 g/mol. The lowest BCUT2D eigenvalue weighted by Gasteiger charge is -2.36. The highest BCUT2D eigenvalue weighted by Gasteiger charge is 2.54. The molecule has 1 N–H and O–H groups in total. The number of aromatic hydroxyl groups is 1. The Morgan fingerprint density at radius 1 is 0.964 bits per heavy atom. The lowest BCUT2D eigenvalue weighted by molar-refractivity contribution is 0.0221. The number of benzene rings is 3. The van der Waals surface area contributed by atoms with E-state index in [4.69, 9.17) is 9.47 Å². The third-order valence-corrected chi connectivity index (χ3v) is 5.33. The van der Waals surface area contributed by atoms with E-state index < -0.39 is 29.0 Å². The maximum absolute atomic E-state index is 14.7. The fraction of sp³-hybridized carbons (Fsp3) is 0.136. The van der Waals surface area contributed by atoms with Gasteiger partial charge in [0.1, 0.15) is 17.3 Å². The Bertz CT molecular complexity index is 1170. The van der Waals surface area contributed by atoms with Crippen LogP contribution in [0.15, 0.2) is 48.5 Å². The number of halogens is 2. The van der Waals surface area contributed by atoms with Crippen LogP contribution in [0, 0.1) is 11.6 Å². The van der Waals surface area contributed by atoms with E-state index in [-0.39, 0.29) is 16.9 Å². The van der Waals surface area contributed by atoms with E-state index in [1.807, 2.05) is 6.92 Å². The van der Waals surface area contributed by atoms with E-state index in [0.717, 1.165) is 12.1 Å². The quantitative estimate of drug-likeness (QED) is 0.616. The first-order valence-corrected chi connectivity index (χ1v) is 8.82. The van der Waals surface area contributed by atoms with Gasteiger partial charge in [-0.3, -0.25) is 0 Å². The van der Waals surface area contributed by atoms with Gasteiger partial charge in [0.15, 0.2) is 17.2 Å². The summed E-state index contributed by atoms with van der Waals surface area (Å²) in [4.78, 5) is 12.6. The van der Waals surface area contributed by atoms with E-state index in [1.165, 1.54) is 6.07 Å². The Labute approximate surface area is 159 Å². The molecule has 5 rings (SSSR count). The van der Waals surface area contributed by atoms with Crippen molar-refractivity contribution in [2.45, 2.75) is 18.9 Å². The number of ether oxygens (including phenoxy) is 2. The van der Waals surface area contributed by atoms with Crippen molar-refractivity contribution < 1.29 is 28.2 Å². The number of aryl methyl sites for hydroxylation is 1. The molecule has 0 saturated carbocycles. The summed E-state index contributed by atoms with van der Waals surface area (Å²) in [5, 5.41) is 9.82. The molecule has 1 unspecified atom stereocenters. The Kier molecular flexibility index (Phi) is 3.32. The maximum atomic E-state index is 14.7. The molecule has 3 aromatic rings. The summed E-state index contributed by atoms with van der Waals surface area (Å²) in [6.07, 6.45) is 0.438. The Morgan fingerprint density at radius 2 is 1.64 bits per heavy atom. The standard InChI is InChI=1S/C22H14F2O4/c1-2-11-7-19-14(8-16(11)23)22(13-6-4-3-5-12(13)21(26)28-22)15-9-17(24)18(25)10-20(15)27-19/h3-10,25H,2H2,1H3. The molecule has 1 spiro atoms. The number of hydrogen-bond acceptors (Lipinski definition) is 4. The molecule has 0 fully saturated rings. The zero-order chi connectivity index (χ0) is 19.6. The van der Waals surface area contributed by atoms with Crippen molar-refractivity contribution in [1.82, 2.24) is 0 Å².